The number of rotatable bonds is 8. The number of pyridine rings is 1. The monoisotopic (exact) mass is 568 g/mol. The number of anilines is 2. The predicted octanol–water partition coefficient (Wildman–Crippen LogP) is 4.15. The molecule has 0 aliphatic rings. The summed E-state index contributed by atoms with van der Waals surface area (Å²) in [7, 11) is 3.85. The van der Waals surface area contributed by atoms with Crippen LogP contribution in [0.2, 0.25) is 5.02 Å². The first-order valence-corrected chi connectivity index (χ1v) is 12.0. The minimum atomic E-state index is -0.580. The zero-order chi connectivity index (χ0) is 27.2. The minimum Gasteiger partial charge on any atom is -0.506 e. The Labute approximate surface area is 235 Å². The van der Waals surface area contributed by atoms with Crippen molar-refractivity contribution in [2.24, 2.45) is 0 Å². The summed E-state index contributed by atoms with van der Waals surface area (Å²) >= 11 is 5.83. The van der Waals surface area contributed by atoms with E-state index in [0.717, 1.165) is 0 Å². The van der Waals surface area contributed by atoms with E-state index in [1.165, 1.54) is 43.0 Å². The van der Waals surface area contributed by atoms with Gasteiger partial charge in [-0.1, -0.05) is 29.8 Å². The maximum Gasteiger partial charge on any atom is 0.261 e. The summed E-state index contributed by atoms with van der Waals surface area (Å²) in [6.07, 6.45) is 4.38. The number of amides is 2. The zero-order valence-corrected chi connectivity index (χ0v) is 22.7. The largest absolute Gasteiger partial charge is 0.506 e. The summed E-state index contributed by atoms with van der Waals surface area (Å²) in [6.45, 7) is 1.18. The van der Waals surface area contributed by atoms with E-state index in [9.17, 15) is 19.5 Å². The van der Waals surface area contributed by atoms with E-state index in [-0.39, 0.29) is 46.3 Å². The summed E-state index contributed by atoms with van der Waals surface area (Å²) < 4.78 is 1.54. The highest BCUT2D eigenvalue weighted by atomic mass is 35.5. The average molecular weight is 569 g/mol. The Hall–Kier alpha value is -4.25. The molecule has 0 bridgehead atoms. The molecule has 0 aliphatic carbocycles. The van der Waals surface area contributed by atoms with Crippen LogP contribution in [0.5, 0.6) is 5.75 Å². The zero-order valence-electron chi connectivity index (χ0n) is 21.1. The van der Waals surface area contributed by atoms with Crippen molar-refractivity contribution in [3.05, 3.63) is 99.8 Å². The van der Waals surface area contributed by atoms with Crippen molar-refractivity contribution in [2.45, 2.75) is 6.54 Å². The Bertz CT molecular complexity index is 1520. The molecule has 0 atom stereocenters. The van der Waals surface area contributed by atoms with Crippen molar-refractivity contribution in [3.63, 3.8) is 0 Å². The number of benzene rings is 2. The molecule has 4 aromatic rings. The molecule has 12 heteroatoms. The number of aromatic hydroxyl groups is 1. The van der Waals surface area contributed by atoms with Gasteiger partial charge in [0.05, 0.1) is 28.2 Å². The van der Waals surface area contributed by atoms with Gasteiger partial charge in [0.25, 0.3) is 17.4 Å². The highest BCUT2D eigenvalue weighted by Crippen LogP contribution is 2.29. The molecule has 2 aromatic heterocycles. The molecule has 2 aromatic carbocycles. The Morgan fingerprint density at radius 2 is 1.74 bits per heavy atom. The molecular weight excluding hydrogens is 543 g/mol. The number of phenolic OH excluding ortho intramolecular Hbond substituents is 1. The van der Waals surface area contributed by atoms with Gasteiger partial charge in [-0.3, -0.25) is 19.0 Å². The lowest BCUT2D eigenvalue weighted by atomic mass is 10.1. The van der Waals surface area contributed by atoms with Gasteiger partial charge in [-0.25, -0.2) is 9.97 Å². The van der Waals surface area contributed by atoms with Gasteiger partial charge < -0.3 is 20.6 Å². The van der Waals surface area contributed by atoms with Crippen molar-refractivity contribution in [2.75, 3.05) is 31.3 Å². The number of halogens is 2. The van der Waals surface area contributed by atoms with Gasteiger partial charge in [-0.2, -0.15) is 0 Å². The number of hydrogen-bond acceptors (Lipinski definition) is 7. The van der Waals surface area contributed by atoms with Crippen molar-refractivity contribution in [1.29, 1.82) is 0 Å². The maximum atomic E-state index is 13.0. The molecule has 2 heterocycles. The third-order valence-corrected chi connectivity index (χ3v) is 5.87. The van der Waals surface area contributed by atoms with Crippen LogP contribution < -0.4 is 16.2 Å². The molecule has 0 unspecified atom stereocenters. The van der Waals surface area contributed by atoms with Gasteiger partial charge in [0.2, 0.25) is 0 Å². The van der Waals surface area contributed by atoms with E-state index in [2.05, 4.69) is 20.6 Å². The maximum absolute atomic E-state index is 13.0. The van der Waals surface area contributed by atoms with Gasteiger partial charge in [0.1, 0.15) is 11.6 Å². The normalized spacial score (nSPS) is 10.6. The van der Waals surface area contributed by atoms with E-state index < -0.39 is 11.8 Å². The molecule has 2 amide bonds. The van der Waals surface area contributed by atoms with Crippen molar-refractivity contribution in [3.8, 4) is 16.9 Å². The third-order valence-electron chi connectivity index (χ3n) is 5.64. The van der Waals surface area contributed by atoms with Crippen LogP contribution in [0.4, 0.5) is 11.5 Å². The van der Waals surface area contributed by atoms with Crippen LogP contribution in [0.3, 0.4) is 0 Å². The van der Waals surface area contributed by atoms with E-state index in [0.29, 0.717) is 29.2 Å². The van der Waals surface area contributed by atoms with E-state index in [1.807, 2.05) is 19.0 Å². The SMILES string of the molecule is CN(C)CCn1cncc(-c2ccc(C(=O)Nc3c(O)cccc3C(=O)Nc3ccc(Cl)cn3)cc2)c1=O.Cl. The van der Waals surface area contributed by atoms with Crippen LogP contribution in [0.25, 0.3) is 11.1 Å². The molecule has 0 saturated carbocycles. The van der Waals surface area contributed by atoms with Crippen LogP contribution in [0.1, 0.15) is 20.7 Å². The number of nitrogens with zero attached hydrogens (tertiary/aromatic N) is 4. The van der Waals surface area contributed by atoms with Gasteiger partial charge in [0, 0.05) is 31.0 Å². The second kappa shape index (κ2) is 13.0. The molecule has 0 fully saturated rings. The molecule has 3 N–H and O–H groups in total. The van der Waals surface area contributed by atoms with E-state index >= 15 is 0 Å². The highest BCUT2D eigenvalue weighted by molar-refractivity contribution is 6.30. The van der Waals surface area contributed by atoms with Crippen LogP contribution >= 0.6 is 24.0 Å². The minimum absolute atomic E-state index is 0. The number of hydrogen-bond donors (Lipinski definition) is 3. The Morgan fingerprint density at radius 1 is 1.00 bits per heavy atom. The summed E-state index contributed by atoms with van der Waals surface area (Å²) in [4.78, 5) is 48.9. The summed E-state index contributed by atoms with van der Waals surface area (Å²) in [6, 6.07) is 13.8. The number of para-hydroxylation sites is 1. The number of phenols is 1. The highest BCUT2D eigenvalue weighted by Gasteiger charge is 2.19. The summed E-state index contributed by atoms with van der Waals surface area (Å²) in [5, 5.41) is 16.0. The van der Waals surface area contributed by atoms with Crippen molar-refractivity contribution < 1.29 is 14.7 Å². The second-order valence-electron chi connectivity index (χ2n) is 8.66. The fourth-order valence-corrected chi connectivity index (χ4v) is 3.71. The molecule has 0 saturated heterocycles. The lowest BCUT2D eigenvalue weighted by molar-refractivity contribution is 0.102. The quantitative estimate of drug-likeness (QED) is 0.272. The number of likely N-dealkylation sites (N-methyl/N-ethyl adjacent to an activating group) is 1. The molecule has 0 aliphatic heterocycles. The van der Waals surface area contributed by atoms with Crippen LogP contribution in [0, 0.1) is 0 Å². The lowest BCUT2D eigenvalue weighted by Crippen LogP contribution is -2.27. The number of carbonyl (C=O) groups is 2. The van der Waals surface area contributed by atoms with Crippen LogP contribution in [-0.4, -0.2) is 57.0 Å². The van der Waals surface area contributed by atoms with E-state index in [4.69, 9.17) is 11.6 Å². The molecule has 10 nitrogen and oxygen atoms in total. The van der Waals surface area contributed by atoms with Gasteiger partial charge in [-0.05, 0) is 56.1 Å². The molecule has 4 rings (SSSR count). The first kappa shape index (κ1) is 29.3. The average Bonchev–Trinajstić information content (AvgIpc) is 2.90. The topological polar surface area (TPSA) is 129 Å². The first-order valence-electron chi connectivity index (χ1n) is 11.6. The fourth-order valence-electron chi connectivity index (χ4n) is 3.60. The van der Waals surface area contributed by atoms with Gasteiger partial charge in [0.15, 0.2) is 0 Å². The number of aromatic nitrogens is 3. The van der Waals surface area contributed by atoms with Crippen LogP contribution in [-0.2, 0) is 6.54 Å². The second-order valence-corrected chi connectivity index (χ2v) is 9.09. The van der Waals surface area contributed by atoms with Gasteiger partial charge >= 0.3 is 0 Å². The molecule has 39 heavy (non-hydrogen) atoms. The Balaban J connectivity index is 0.00000420. The first-order chi connectivity index (χ1) is 18.2. The van der Waals surface area contributed by atoms with Crippen molar-refractivity contribution >= 4 is 47.3 Å². The van der Waals surface area contributed by atoms with E-state index in [1.54, 1.807) is 34.9 Å². The number of nitrogens with one attached hydrogen (secondary N) is 2. The smallest absolute Gasteiger partial charge is 0.261 e. The standard InChI is InChI=1S/C27H25ClN6O4.ClH/c1-33(2)12-13-34-16-29-15-21(27(34)38)17-6-8-18(9-7-17)25(36)32-24-20(4-3-5-22(24)35)26(37)31-23-11-10-19(28)14-30-23;/h3-11,14-16,35H,12-13H2,1-2H3,(H,32,36)(H,30,31,37);1H. The van der Waals surface area contributed by atoms with Gasteiger partial charge in [-0.15, -0.1) is 12.4 Å². The number of carbonyl (C=O) groups excluding carboxylic acids is 2. The predicted molar refractivity (Wildman–Crippen MR) is 153 cm³/mol. The molecule has 202 valence electrons. The molecule has 0 radical (unpaired) electrons. The Kier molecular flexibility index (Phi) is 9.78. The summed E-state index contributed by atoms with van der Waals surface area (Å²) in [5.41, 5.74) is 1.09. The van der Waals surface area contributed by atoms with Crippen LogP contribution in [0.15, 0.2) is 78.1 Å². The summed E-state index contributed by atoms with van der Waals surface area (Å²) in [5.74, 6) is -1.15. The third kappa shape index (κ3) is 7.20. The Morgan fingerprint density at radius 3 is 2.41 bits per heavy atom. The van der Waals surface area contributed by atoms with Crippen molar-refractivity contribution in [1.82, 2.24) is 19.4 Å². The lowest BCUT2D eigenvalue weighted by Gasteiger charge is -2.13. The molecular formula is C27H26Cl2N6O4. The molecule has 0 spiro atoms. The fraction of sp³-hybridized carbons (Fsp3) is 0.148.